The number of hydrogen-bond donors (Lipinski definition) is 2. The van der Waals surface area contributed by atoms with Crippen LogP contribution in [-0.2, 0) is 14.8 Å². The molecule has 5 nitrogen and oxygen atoms in total. The summed E-state index contributed by atoms with van der Waals surface area (Å²) >= 11 is 9.99. The summed E-state index contributed by atoms with van der Waals surface area (Å²) in [5.41, 5.74) is -0.198. The molecule has 1 rings (SSSR count). The quantitative estimate of drug-likeness (QED) is 0.737. The van der Waals surface area contributed by atoms with E-state index in [0.717, 1.165) is 11.3 Å². The molecular weight excluding hydrogens is 402 g/mol. The van der Waals surface area contributed by atoms with Crippen molar-refractivity contribution >= 4 is 54.9 Å². The van der Waals surface area contributed by atoms with E-state index in [4.69, 9.17) is 16.7 Å². The highest BCUT2D eigenvalue weighted by Crippen LogP contribution is 2.35. The maximum absolute atomic E-state index is 12.3. The Morgan fingerprint density at radius 3 is 2.48 bits per heavy atom. The van der Waals surface area contributed by atoms with Gasteiger partial charge < -0.3 is 5.11 Å². The van der Waals surface area contributed by atoms with Crippen LogP contribution in [0.1, 0.15) is 33.6 Å². The van der Waals surface area contributed by atoms with E-state index in [1.165, 1.54) is 6.07 Å². The van der Waals surface area contributed by atoms with Gasteiger partial charge in [-0.25, -0.2) is 13.1 Å². The van der Waals surface area contributed by atoms with E-state index in [9.17, 15) is 13.2 Å². The van der Waals surface area contributed by atoms with Gasteiger partial charge in [0, 0.05) is 6.04 Å². The third-order valence-electron chi connectivity index (χ3n) is 2.49. The van der Waals surface area contributed by atoms with Crippen LogP contribution in [0.15, 0.2) is 14.1 Å². The molecule has 0 fully saturated rings. The number of carboxylic acids is 1. The molecule has 0 aliphatic rings. The molecule has 2 N–H and O–H groups in total. The number of rotatable bonds is 6. The summed E-state index contributed by atoms with van der Waals surface area (Å²) in [5, 5.41) is 9.25. The van der Waals surface area contributed by atoms with Crippen LogP contribution in [-0.4, -0.2) is 25.5 Å². The van der Waals surface area contributed by atoms with Gasteiger partial charge in [-0.05, 0) is 33.8 Å². The molecule has 0 spiro atoms. The van der Waals surface area contributed by atoms with Crippen molar-refractivity contribution in [2.24, 2.45) is 5.41 Å². The molecule has 21 heavy (non-hydrogen) atoms. The monoisotopic (exact) mass is 417 g/mol. The van der Waals surface area contributed by atoms with Crippen LogP contribution >= 0.6 is 38.9 Å². The number of thiophene rings is 1. The first-order valence-corrected chi connectivity index (χ1v) is 9.57. The molecule has 0 saturated carbocycles. The Morgan fingerprint density at radius 2 is 2.10 bits per heavy atom. The highest BCUT2D eigenvalue weighted by molar-refractivity contribution is 9.11. The number of carboxylic acid groups (broad SMARTS) is 1. The summed E-state index contributed by atoms with van der Waals surface area (Å²) < 4.78 is 27.6. The minimum atomic E-state index is -3.79. The molecular formula is C12H17BrClNO4S2. The number of hydrogen-bond acceptors (Lipinski definition) is 4. The molecule has 0 radical (unpaired) electrons. The van der Waals surface area contributed by atoms with Gasteiger partial charge in [0.2, 0.25) is 10.0 Å². The van der Waals surface area contributed by atoms with Crippen molar-refractivity contribution in [1.82, 2.24) is 4.72 Å². The normalized spacial score (nSPS) is 14.1. The highest BCUT2D eigenvalue weighted by Gasteiger charge is 2.27. The van der Waals surface area contributed by atoms with Gasteiger partial charge >= 0.3 is 5.97 Å². The molecule has 0 bridgehead atoms. The Balaban J connectivity index is 2.98. The zero-order chi connectivity index (χ0) is 16.4. The van der Waals surface area contributed by atoms with Crippen LogP contribution in [0.3, 0.4) is 0 Å². The van der Waals surface area contributed by atoms with Crippen LogP contribution in [0, 0.1) is 5.41 Å². The fourth-order valence-corrected chi connectivity index (χ4v) is 5.49. The van der Waals surface area contributed by atoms with Gasteiger partial charge in [0.25, 0.3) is 0 Å². The van der Waals surface area contributed by atoms with Gasteiger partial charge in [-0.1, -0.05) is 32.4 Å². The molecule has 1 unspecified atom stereocenters. The summed E-state index contributed by atoms with van der Waals surface area (Å²) in [6.07, 6.45) is 0.148. The average Bonchev–Trinajstić information content (AvgIpc) is 2.55. The first-order valence-electron chi connectivity index (χ1n) is 6.10. The zero-order valence-corrected chi connectivity index (χ0v) is 15.8. The molecule has 0 aliphatic heterocycles. The average molecular weight is 419 g/mol. The third kappa shape index (κ3) is 6.23. The number of carbonyl (C=O) groups is 1. The second kappa shape index (κ2) is 6.95. The Labute approximate surface area is 141 Å². The summed E-state index contributed by atoms with van der Waals surface area (Å²) in [6.45, 7) is 5.78. The first kappa shape index (κ1) is 18.9. The minimum Gasteiger partial charge on any atom is -0.481 e. The van der Waals surface area contributed by atoms with E-state index in [1.54, 1.807) is 0 Å². The smallest absolute Gasteiger partial charge is 0.304 e. The predicted molar refractivity (Wildman–Crippen MR) is 87.5 cm³/mol. The van der Waals surface area contributed by atoms with Crippen molar-refractivity contribution in [3.8, 4) is 0 Å². The van der Waals surface area contributed by atoms with Crippen molar-refractivity contribution in [3.63, 3.8) is 0 Å². The maximum atomic E-state index is 12.3. The largest absolute Gasteiger partial charge is 0.481 e. The molecule has 1 atom stereocenters. The third-order valence-corrected chi connectivity index (χ3v) is 6.96. The number of aliphatic carboxylic acids is 1. The van der Waals surface area contributed by atoms with Crippen molar-refractivity contribution < 1.29 is 18.3 Å². The van der Waals surface area contributed by atoms with Gasteiger partial charge in [0.05, 0.1) is 15.2 Å². The van der Waals surface area contributed by atoms with Crippen molar-refractivity contribution in [2.75, 3.05) is 0 Å². The lowest BCUT2D eigenvalue weighted by atomic mass is 9.87. The molecule has 0 aromatic carbocycles. The first-order chi connectivity index (χ1) is 9.40. The summed E-state index contributed by atoms with van der Waals surface area (Å²) in [4.78, 5) is 10.9. The lowest BCUT2D eigenvalue weighted by Gasteiger charge is -2.25. The number of halogens is 2. The molecule has 0 saturated heterocycles. The van der Waals surface area contributed by atoms with Gasteiger partial charge in [-0.15, -0.1) is 11.3 Å². The van der Waals surface area contributed by atoms with Crippen LogP contribution in [0.25, 0.3) is 0 Å². The van der Waals surface area contributed by atoms with E-state index < -0.39 is 22.0 Å². The SMILES string of the molecule is CC(C)(C)CC(CC(=O)O)NS(=O)(=O)c1cc(Cl)c(Br)s1. The van der Waals surface area contributed by atoms with Gasteiger partial charge in [-0.2, -0.15) is 0 Å². The van der Waals surface area contributed by atoms with Crippen LogP contribution in [0.4, 0.5) is 0 Å². The summed E-state index contributed by atoms with van der Waals surface area (Å²) in [5.74, 6) is -1.04. The molecule has 1 aromatic rings. The lowest BCUT2D eigenvalue weighted by Crippen LogP contribution is -2.38. The number of nitrogens with one attached hydrogen (secondary N) is 1. The van der Waals surface area contributed by atoms with Crippen LogP contribution in [0.2, 0.25) is 5.02 Å². The van der Waals surface area contributed by atoms with Crippen LogP contribution in [0.5, 0.6) is 0 Å². The fraction of sp³-hybridized carbons (Fsp3) is 0.583. The maximum Gasteiger partial charge on any atom is 0.304 e. The van der Waals surface area contributed by atoms with Crippen LogP contribution < -0.4 is 4.72 Å². The molecule has 1 heterocycles. The standard InChI is InChI=1S/C12H17BrClNO4S2/c1-12(2,3)6-7(4-9(16)17)15-21(18,19)10-5-8(14)11(13)20-10/h5,7,15H,4,6H2,1-3H3,(H,16,17). The molecule has 9 heteroatoms. The van der Waals surface area contributed by atoms with Gasteiger partial charge in [0.15, 0.2) is 0 Å². The summed E-state index contributed by atoms with van der Waals surface area (Å²) in [7, 11) is -3.79. The molecule has 120 valence electrons. The van der Waals surface area contributed by atoms with Gasteiger partial charge in [0.1, 0.15) is 4.21 Å². The molecule has 0 aliphatic carbocycles. The topological polar surface area (TPSA) is 83.5 Å². The van der Waals surface area contributed by atoms with E-state index in [2.05, 4.69) is 20.7 Å². The predicted octanol–water partition coefficient (Wildman–Crippen LogP) is 3.72. The molecule has 1 aromatic heterocycles. The van der Waals surface area contributed by atoms with Crippen molar-refractivity contribution in [1.29, 1.82) is 0 Å². The zero-order valence-electron chi connectivity index (χ0n) is 11.8. The molecule has 0 amide bonds. The van der Waals surface area contributed by atoms with Crippen molar-refractivity contribution in [3.05, 3.63) is 14.9 Å². The second-order valence-electron chi connectivity index (χ2n) is 5.87. The van der Waals surface area contributed by atoms with E-state index in [-0.39, 0.29) is 16.0 Å². The lowest BCUT2D eigenvalue weighted by molar-refractivity contribution is -0.137. The highest BCUT2D eigenvalue weighted by atomic mass is 79.9. The summed E-state index contributed by atoms with van der Waals surface area (Å²) in [6, 6.07) is 0.667. The second-order valence-corrected chi connectivity index (χ2v) is 10.6. The van der Waals surface area contributed by atoms with Gasteiger partial charge in [-0.3, -0.25) is 4.79 Å². The van der Waals surface area contributed by atoms with E-state index in [0.29, 0.717) is 15.2 Å². The minimum absolute atomic E-state index is 0.0590. The Bertz CT molecular complexity index is 602. The van der Waals surface area contributed by atoms with E-state index >= 15 is 0 Å². The van der Waals surface area contributed by atoms with E-state index in [1.807, 2.05) is 20.8 Å². The Morgan fingerprint density at radius 1 is 1.52 bits per heavy atom. The number of sulfonamides is 1. The van der Waals surface area contributed by atoms with Crippen molar-refractivity contribution in [2.45, 2.75) is 43.9 Å². The Kier molecular flexibility index (Phi) is 6.26. The fourth-order valence-electron chi connectivity index (χ4n) is 1.84. The Hall–Kier alpha value is -0.150.